The summed E-state index contributed by atoms with van der Waals surface area (Å²) in [6, 6.07) is 2.12. The number of hydrogen-bond acceptors (Lipinski definition) is 3. The Labute approximate surface area is 123 Å². The normalized spacial score (nSPS) is 12.2. The Bertz CT molecular complexity index is 482. The number of aryl methyl sites for hydroxylation is 1. The van der Waals surface area contributed by atoms with Gasteiger partial charge in [-0.2, -0.15) is 0 Å². The molecule has 0 fully saturated rings. The number of hydrogen-bond donors (Lipinski definition) is 1. The van der Waals surface area contributed by atoms with Crippen molar-refractivity contribution < 1.29 is 8.42 Å². The number of aromatic nitrogens is 1. The van der Waals surface area contributed by atoms with Crippen molar-refractivity contribution in [1.29, 1.82) is 0 Å². The summed E-state index contributed by atoms with van der Waals surface area (Å²) in [7, 11) is -3.06. The molecule has 6 heteroatoms. The van der Waals surface area contributed by atoms with E-state index in [1.54, 1.807) is 0 Å². The van der Waals surface area contributed by atoms with Crippen molar-refractivity contribution in [2.45, 2.75) is 39.8 Å². The van der Waals surface area contributed by atoms with Crippen LogP contribution in [0.15, 0.2) is 18.5 Å². The predicted octanol–water partition coefficient (Wildman–Crippen LogP) is 1.66. The number of nitrogens with one attached hydrogen (secondary N) is 1. The second-order valence-corrected chi connectivity index (χ2v) is 7.03. The summed E-state index contributed by atoms with van der Waals surface area (Å²) in [4.78, 5) is 0. The van der Waals surface area contributed by atoms with Gasteiger partial charge in [-0.1, -0.05) is 13.8 Å². The minimum Gasteiger partial charge on any atom is -0.354 e. The molecule has 0 saturated carbocycles. The third-order valence-electron chi connectivity index (χ3n) is 3.21. The molecular formula is C14H27N3O2S. The highest BCUT2D eigenvalue weighted by molar-refractivity contribution is 7.88. The summed E-state index contributed by atoms with van der Waals surface area (Å²) >= 11 is 0. The zero-order valence-electron chi connectivity index (χ0n) is 12.8. The van der Waals surface area contributed by atoms with Crippen LogP contribution in [0, 0.1) is 0 Å². The molecule has 1 rings (SSSR count). The van der Waals surface area contributed by atoms with Crippen LogP contribution in [0.4, 0.5) is 0 Å². The van der Waals surface area contributed by atoms with Gasteiger partial charge < -0.3 is 9.88 Å². The van der Waals surface area contributed by atoms with Gasteiger partial charge >= 0.3 is 0 Å². The Morgan fingerprint density at radius 1 is 1.35 bits per heavy atom. The summed E-state index contributed by atoms with van der Waals surface area (Å²) in [6.07, 6.45) is 7.49. The van der Waals surface area contributed by atoms with E-state index in [0.29, 0.717) is 13.1 Å². The van der Waals surface area contributed by atoms with Gasteiger partial charge in [0.1, 0.15) is 0 Å². The van der Waals surface area contributed by atoms with E-state index >= 15 is 0 Å². The van der Waals surface area contributed by atoms with Crippen LogP contribution in [-0.2, 0) is 23.1 Å². The van der Waals surface area contributed by atoms with Gasteiger partial charge in [0, 0.05) is 38.6 Å². The van der Waals surface area contributed by atoms with Gasteiger partial charge in [0.25, 0.3) is 0 Å². The first-order chi connectivity index (χ1) is 9.47. The lowest BCUT2D eigenvalue weighted by Crippen LogP contribution is -2.32. The van der Waals surface area contributed by atoms with E-state index in [9.17, 15) is 8.42 Å². The molecule has 1 N–H and O–H groups in total. The third kappa shape index (κ3) is 6.07. The molecule has 0 spiro atoms. The van der Waals surface area contributed by atoms with Gasteiger partial charge in [-0.05, 0) is 31.0 Å². The quantitative estimate of drug-likeness (QED) is 0.669. The molecule has 0 amide bonds. The highest BCUT2D eigenvalue weighted by atomic mass is 32.2. The van der Waals surface area contributed by atoms with Crippen molar-refractivity contribution in [3.8, 4) is 0 Å². The van der Waals surface area contributed by atoms with Gasteiger partial charge in [-0.25, -0.2) is 12.7 Å². The maximum absolute atomic E-state index is 11.4. The molecule has 0 unspecified atom stereocenters. The summed E-state index contributed by atoms with van der Waals surface area (Å²) in [6.45, 7) is 7.87. The van der Waals surface area contributed by atoms with Crippen molar-refractivity contribution in [3.63, 3.8) is 0 Å². The van der Waals surface area contributed by atoms with Crippen molar-refractivity contribution >= 4 is 10.0 Å². The van der Waals surface area contributed by atoms with Crippen LogP contribution in [0.25, 0.3) is 0 Å². The van der Waals surface area contributed by atoms with E-state index in [-0.39, 0.29) is 0 Å². The van der Waals surface area contributed by atoms with Crippen LogP contribution in [0.3, 0.4) is 0 Å². The summed E-state index contributed by atoms with van der Waals surface area (Å²) in [5.74, 6) is 0. The van der Waals surface area contributed by atoms with Gasteiger partial charge in [-0.3, -0.25) is 0 Å². The van der Waals surface area contributed by atoms with Crippen LogP contribution in [-0.4, -0.2) is 43.2 Å². The summed E-state index contributed by atoms with van der Waals surface area (Å²) in [5, 5.41) is 3.35. The first-order valence-corrected chi connectivity index (χ1v) is 9.12. The van der Waals surface area contributed by atoms with Gasteiger partial charge in [0.15, 0.2) is 0 Å². The molecular weight excluding hydrogens is 274 g/mol. The van der Waals surface area contributed by atoms with Crippen molar-refractivity contribution in [2.75, 3.05) is 25.9 Å². The maximum atomic E-state index is 11.4. The molecule has 20 heavy (non-hydrogen) atoms. The smallest absolute Gasteiger partial charge is 0.211 e. The minimum atomic E-state index is -3.06. The standard InChI is InChI=1S/C14H27N3O2S/c1-4-9-16-11-7-14(13-16)12-15-8-6-10-17(5-2)20(3,18)19/h7,11,13,15H,4-6,8-10,12H2,1-3H3. The van der Waals surface area contributed by atoms with E-state index in [2.05, 4.69) is 35.3 Å². The topological polar surface area (TPSA) is 54.3 Å². The number of sulfonamides is 1. The van der Waals surface area contributed by atoms with E-state index < -0.39 is 10.0 Å². The van der Waals surface area contributed by atoms with Gasteiger partial charge in [0.2, 0.25) is 10.0 Å². The molecule has 0 bridgehead atoms. The van der Waals surface area contributed by atoms with E-state index in [1.807, 2.05) is 6.92 Å². The highest BCUT2D eigenvalue weighted by Gasteiger charge is 2.12. The Morgan fingerprint density at radius 3 is 2.70 bits per heavy atom. The van der Waals surface area contributed by atoms with Gasteiger partial charge in [-0.15, -0.1) is 0 Å². The molecule has 116 valence electrons. The van der Waals surface area contributed by atoms with Crippen molar-refractivity contribution in [1.82, 2.24) is 14.2 Å². The predicted molar refractivity (Wildman–Crippen MR) is 83.1 cm³/mol. The van der Waals surface area contributed by atoms with Crippen LogP contribution in [0.2, 0.25) is 0 Å². The highest BCUT2D eigenvalue weighted by Crippen LogP contribution is 2.02. The number of rotatable bonds is 10. The molecule has 0 aromatic carbocycles. The molecule has 1 aromatic heterocycles. The Balaban J connectivity index is 2.21. The lowest BCUT2D eigenvalue weighted by atomic mass is 10.3. The van der Waals surface area contributed by atoms with Crippen molar-refractivity contribution in [2.24, 2.45) is 0 Å². The first-order valence-electron chi connectivity index (χ1n) is 7.27. The van der Waals surface area contributed by atoms with Crippen LogP contribution in [0.5, 0.6) is 0 Å². The monoisotopic (exact) mass is 301 g/mol. The fraction of sp³-hybridized carbons (Fsp3) is 0.714. The first kappa shape index (κ1) is 17.2. The Kier molecular flexibility index (Phi) is 7.26. The average Bonchev–Trinajstić information content (AvgIpc) is 2.80. The molecule has 5 nitrogen and oxygen atoms in total. The summed E-state index contributed by atoms with van der Waals surface area (Å²) < 4.78 is 26.5. The van der Waals surface area contributed by atoms with E-state index in [4.69, 9.17) is 0 Å². The third-order valence-corrected chi connectivity index (χ3v) is 4.58. The SMILES string of the molecule is CCCn1ccc(CNCCCN(CC)S(C)(=O)=O)c1. The Hall–Kier alpha value is -0.850. The Morgan fingerprint density at radius 2 is 2.10 bits per heavy atom. The van der Waals surface area contributed by atoms with Crippen LogP contribution < -0.4 is 5.32 Å². The number of nitrogens with zero attached hydrogens (tertiary/aromatic N) is 2. The maximum Gasteiger partial charge on any atom is 0.211 e. The molecule has 1 heterocycles. The molecule has 0 atom stereocenters. The zero-order chi connectivity index (χ0) is 15.0. The molecule has 1 aromatic rings. The van der Waals surface area contributed by atoms with Crippen LogP contribution >= 0.6 is 0 Å². The molecule has 0 radical (unpaired) electrons. The van der Waals surface area contributed by atoms with Gasteiger partial charge in [0.05, 0.1) is 6.26 Å². The minimum absolute atomic E-state index is 0.540. The second-order valence-electron chi connectivity index (χ2n) is 5.04. The lowest BCUT2D eigenvalue weighted by Gasteiger charge is -2.17. The lowest BCUT2D eigenvalue weighted by molar-refractivity contribution is 0.419. The fourth-order valence-corrected chi connectivity index (χ4v) is 3.09. The van der Waals surface area contributed by atoms with Crippen molar-refractivity contribution in [3.05, 3.63) is 24.0 Å². The zero-order valence-corrected chi connectivity index (χ0v) is 13.6. The van der Waals surface area contributed by atoms with E-state index in [1.165, 1.54) is 16.1 Å². The fourth-order valence-electron chi connectivity index (χ4n) is 2.16. The molecule has 0 saturated heterocycles. The van der Waals surface area contributed by atoms with Crippen LogP contribution in [0.1, 0.15) is 32.3 Å². The second kappa shape index (κ2) is 8.44. The largest absolute Gasteiger partial charge is 0.354 e. The van der Waals surface area contributed by atoms with E-state index in [0.717, 1.165) is 32.5 Å². The average molecular weight is 301 g/mol. The molecule has 0 aliphatic heterocycles. The molecule has 0 aliphatic rings. The summed E-state index contributed by atoms with van der Waals surface area (Å²) in [5.41, 5.74) is 1.27. The molecule has 0 aliphatic carbocycles.